The van der Waals surface area contributed by atoms with Crippen LogP contribution in [-0.2, 0) is 9.59 Å². The van der Waals surface area contributed by atoms with E-state index < -0.39 is 11.9 Å². The summed E-state index contributed by atoms with van der Waals surface area (Å²) in [6.45, 7) is 6.09. The molecule has 0 saturated carbocycles. The minimum absolute atomic E-state index is 0.0912. The molecule has 1 aromatic carbocycles. The van der Waals surface area contributed by atoms with Gasteiger partial charge in [0.05, 0.1) is 6.42 Å². The quantitative estimate of drug-likeness (QED) is 0.407. The molecule has 0 unspecified atom stereocenters. The van der Waals surface area contributed by atoms with E-state index in [1.807, 2.05) is 45.0 Å². The number of rotatable bonds is 7. The molecule has 0 bridgehead atoms. The number of carbonyl (C=O) groups excluding carboxylic acids is 1. The summed E-state index contributed by atoms with van der Waals surface area (Å²) in [5.41, 5.74) is 2.52. The molecule has 0 radical (unpaired) electrons. The number of amides is 1. The number of carboxylic acids is 1. The summed E-state index contributed by atoms with van der Waals surface area (Å²) >= 11 is 0. The highest BCUT2D eigenvalue weighted by Gasteiger charge is 2.15. The van der Waals surface area contributed by atoms with Crippen LogP contribution >= 0.6 is 0 Å². The molecule has 1 amide bonds. The Hall–Kier alpha value is -2.81. The number of benzene rings is 1. The molecule has 0 spiro atoms. The molecule has 1 rings (SSSR count). The van der Waals surface area contributed by atoms with Crippen LogP contribution in [0.3, 0.4) is 0 Å². The lowest BCUT2D eigenvalue weighted by Gasteiger charge is -2.16. The zero-order chi connectivity index (χ0) is 17.4. The maximum absolute atomic E-state index is 12.2. The van der Waals surface area contributed by atoms with Crippen molar-refractivity contribution < 1.29 is 14.7 Å². The van der Waals surface area contributed by atoms with Crippen molar-refractivity contribution in [3.05, 3.63) is 41.1 Å². The third-order valence-electron chi connectivity index (χ3n) is 3.26. The third kappa shape index (κ3) is 5.47. The predicted octanol–water partition coefficient (Wildman–Crippen LogP) is 2.53. The zero-order valence-electron chi connectivity index (χ0n) is 13.5. The Morgan fingerprint density at radius 2 is 2.09 bits per heavy atom. The average Bonchev–Trinajstić information content (AvgIpc) is 2.48. The molecule has 0 aliphatic carbocycles. The monoisotopic (exact) mass is 315 g/mol. The molecule has 0 fully saturated rings. The number of hydrogen-bond acceptors (Lipinski definition) is 4. The molecular formula is C17H21N3O3. The Kier molecular flexibility index (Phi) is 6.81. The first-order valence-electron chi connectivity index (χ1n) is 7.33. The normalized spacial score (nSPS) is 11.0. The number of anilines is 1. The molecule has 0 aromatic heterocycles. The van der Waals surface area contributed by atoms with Crippen LogP contribution in [-0.4, -0.2) is 23.5 Å². The van der Waals surface area contributed by atoms with E-state index in [-0.39, 0.29) is 24.5 Å². The van der Waals surface area contributed by atoms with Crippen LogP contribution in [0.15, 0.2) is 30.0 Å². The summed E-state index contributed by atoms with van der Waals surface area (Å²) < 4.78 is 0. The maximum atomic E-state index is 12.2. The van der Waals surface area contributed by atoms with Gasteiger partial charge in [-0.05, 0) is 24.0 Å². The van der Waals surface area contributed by atoms with Gasteiger partial charge < -0.3 is 15.7 Å². The van der Waals surface area contributed by atoms with Gasteiger partial charge in [-0.15, -0.1) is 0 Å². The predicted molar refractivity (Wildman–Crippen MR) is 87.8 cm³/mol. The molecule has 0 aliphatic rings. The highest BCUT2D eigenvalue weighted by atomic mass is 16.4. The lowest BCUT2D eigenvalue weighted by molar-refractivity contribution is -0.136. The molecular weight excluding hydrogens is 294 g/mol. The van der Waals surface area contributed by atoms with E-state index in [0.29, 0.717) is 5.69 Å². The number of hydrogen-bond donors (Lipinski definition) is 3. The second-order valence-corrected chi connectivity index (χ2v) is 5.42. The Bertz CT molecular complexity index is 658. The van der Waals surface area contributed by atoms with E-state index in [4.69, 9.17) is 10.4 Å². The van der Waals surface area contributed by atoms with Crippen molar-refractivity contribution >= 4 is 17.6 Å². The van der Waals surface area contributed by atoms with Gasteiger partial charge in [-0.3, -0.25) is 9.59 Å². The first-order valence-corrected chi connectivity index (χ1v) is 7.33. The summed E-state index contributed by atoms with van der Waals surface area (Å²) in [4.78, 5) is 22.7. The summed E-state index contributed by atoms with van der Waals surface area (Å²) in [7, 11) is 0. The van der Waals surface area contributed by atoms with E-state index in [2.05, 4.69) is 10.6 Å². The van der Waals surface area contributed by atoms with E-state index in [0.717, 1.165) is 11.1 Å². The number of aryl methyl sites for hydroxylation is 1. The summed E-state index contributed by atoms with van der Waals surface area (Å²) in [5.74, 6) is -1.24. The van der Waals surface area contributed by atoms with Crippen molar-refractivity contribution in [2.75, 3.05) is 11.9 Å². The molecule has 0 aliphatic heterocycles. The van der Waals surface area contributed by atoms with Crippen molar-refractivity contribution in [3.63, 3.8) is 0 Å². The van der Waals surface area contributed by atoms with Gasteiger partial charge >= 0.3 is 5.97 Å². The second kappa shape index (κ2) is 8.59. The fourth-order valence-corrected chi connectivity index (χ4v) is 2.03. The van der Waals surface area contributed by atoms with Gasteiger partial charge in [0, 0.05) is 18.4 Å². The van der Waals surface area contributed by atoms with Gasteiger partial charge in [0.15, 0.2) is 0 Å². The molecule has 122 valence electrons. The van der Waals surface area contributed by atoms with Crippen molar-refractivity contribution in [1.29, 1.82) is 5.26 Å². The topological polar surface area (TPSA) is 102 Å². The molecule has 23 heavy (non-hydrogen) atoms. The van der Waals surface area contributed by atoms with Crippen LogP contribution in [0.2, 0.25) is 0 Å². The highest BCUT2D eigenvalue weighted by Crippen LogP contribution is 2.27. The van der Waals surface area contributed by atoms with Gasteiger partial charge in [0.2, 0.25) is 0 Å². The number of nitrogens with one attached hydrogen (secondary N) is 2. The number of carboxylic acid groups (broad SMARTS) is 1. The first-order chi connectivity index (χ1) is 10.9. The average molecular weight is 315 g/mol. The summed E-state index contributed by atoms with van der Waals surface area (Å²) in [6, 6.07) is 7.57. The molecule has 6 nitrogen and oxygen atoms in total. The number of nitriles is 1. The zero-order valence-corrected chi connectivity index (χ0v) is 13.5. The standard InChI is InChI=1S/C17H21N3O3/c1-11(2)14-6-4-5-12(3)16(14)20-17(23)13(9-18)10-19-8-7-15(21)22/h4-6,10-11,19H,7-8H2,1-3H3,(H,20,23)(H,21,22)/b13-10-. The lowest BCUT2D eigenvalue weighted by atomic mass is 9.98. The Labute approximate surface area is 135 Å². The van der Waals surface area contributed by atoms with Crippen LogP contribution in [0.5, 0.6) is 0 Å². The van der Waals surface area contributed by atoms with E-state index in [1.165, 1.54) is 6.20 Å². The number of nitrogens with zero attached hydrogens (tertiary/aromatic N) is 1. The van der Waals surface area contributed by atoms with Gasteiger partial charge in [-0.1, -0.05) is 32.0 Å². The van der Waals surface area contributed by atoms with Crippen molar-refractivity contribution in [2.45, 2.75) is 33.1 Å². The molecule has 6 heteroatoms. The van der Waals surface area contributed by atoms with Gasteiger partial charge in [-0.2, -0.15) is 5.26 Å². The number of carbonyl (C=O) groups is 2. The van der Waals surface area contributed by atoms with Crippen LogP contribution in [0, 0.1) is 18.3 Å². The largest absolute Gasteiger partial charge is 0.481 e. The first kappa shape index (κ1) is 18.2. The lowest BCUT2D eigenvalue weighted by Crippen LogP contribution is -2.19. The summed E-state index contributed by atoms with van der Waals surface area (Å²) in [6.07, 6.45) is 1.15. The molecule has 0 saturated heterocycles. The van der Waals surface area contributed by atoms with E-state index in [9.17, 15) is 9.59 Å². The third-order valence-corrected chi connectivity index (χ3v) is 3.26. The molecule has 0 atom stereocenters. The number of aliphatic carboxylic acids is 1. The molecule has 3 N–H and O–H groups in total. The Morgan fingerprint density at radius 3 is 2.65 bits per heavy atom. The second-order valence-electron chi connectivity index (χ2n) is 5.42. The van der Waals surface area contributed by atoms with Crippen LogP contribution < -0.4 is 10.6 Å². The van der Waals surface area contributed by atoms with Crippen LogP contribution in [0.25, 0.3) is 0 Å². The van der Waals surface area contributed by atoms with Crippen LogP contribution in [0.1, 0.15) is 37.3 Å². The van der Waals surface area contributed by atoms with Crippen molar-refractivity contribution in [2.24, 2.45) is 0 Å². The van der Waals surface area contributed by atoms with Crippen LogP contribution in [0.4, 0.5) is 5.69 Å². The smallest absolute Gasteiger partial charge is 0.305 e. The van der Waals surface area contributed by atoms with Crippen molar-refractivity contribution in [1.82, 2.24) is 5.32 Å². The van der Waals surface area contributed by atoms with Gasteiger partial charge in [-0.25, -0.2) is 0 Å². The van der Waals surface area contributed by atoms with E-state index >= 15 is 0 Å². The Morgan fingerprint density at radius 1 is 1.39 bits per heavy atom. The number of para-hydroxylation sites is 1. The van der Waals surface area contributed by atoms with Gasteiger partial charge in [0.1, 0.15) is 11.6 Å². The van der Waals surface area contributed by atoms with Gasteiger partial charge in [0.25, 0.3) is 5.91 Å². The fourth-order valence-electron chi connectivity index (χ4n) is 2.03. The van der Waals surface area contributed by atoms with Crippen molar-refractivity contribution in [3.8, 4) is 6.07 Å². The Balaban J connectivity index is 2.87. The fraction of sp³-hybridized carbons (Fsp3) is 0.353. The highest BCUT2D eigenvalue weighted by molar-refractivity contribution is 6.07. The maximum Gasteiger partial charge on any atom is 0.305 e. The molecule has 1 aromatic rings. The SMILES string of the molecule is Cc1cccc(C(C)C)c1NC(=O)/C(C#N)=C\NCCC(=O)O. The summed E-state index contributed by atoms with van der Waals surface area (Å²) in [5, 5.41) is 23.1. The minimum Gasteiger partial charge on any atom is -0.481 e. The molecule has 0 heterocycles. The minimum atomic E-state index is -0.949. The van der Waals surface area contributed by atoms with E-state index in [1.54, 1.807) is 0 Å².